The van der Waals surface area contributed by atoms with E-state index in [2.05, 4.69) is 11.4 Å². The summed E-state index contributed by atoms with van der Waals surface area (Å²) >= 11 is 1.61. The number of fused-ring (bicyclic) bond motifs is 1. The summed E-state index contributed by atoms with van der Waals surface area (Å²) in [4.78, 5) is 24.4. The highest BCUT2D eigenvalue weighted by Gasteiger charge is 2.33. The van der Waals surface area contributed by atoms with Gasteiger partial charge in [-0.25, -0.2) is 0 Å². The summed E-state index contributed by atoms with van der Waals surface area (Å²) in [5.74, 6) is -1.000. The van der Waals surface area contributed by atoms with Crippen molar-refractivity contribution in [1.82, 2.24) is 5.32 Å². The standard InChI is InChI=1S/C15H17NO3S/c17-14(16-11-6-5-10(7-11)15(18)19)13-8-9-3-1-2-4-12(9)20-13/h1-4,10-11,13H,5-8H2,(H,16,17)(H,18,19)/t10-,11+,13?/m1/s1. The van der Waals surface area contributed by atoms with E-state index in [1.807, 2.05) is 18.2 Å². The number of carboxylic acid groups (broad SMARTS) is 1. The predicted octanol–water partition coefficient (Wildman–Crippen LogP) is 2.07. The van der Waals surface area contributed by atoms with Gasteiger partial charge in [-0.3, -0.25) is 9.59 Å². The van der Waals surface area contributed by atoms with Crippen LogP contribution in [0.5, 0.6) is 0 Å². The fourth-order valence-corrected chi connectivity index (χ4v) is 4.16. The molecule has 3 rings (SSSR count). The van der Waals surface area contributed by atoms with Crippen molar-refractivity contribution in [2.75, 3.05) is 0 Å². The number of benzene rings is 1. The average Bonchev–Trinajstić information content (AvgIpc) is 3.04. The molecule has 0 bridgehead atoms. The van der Waals surface area contributed by atoms with E-state index in [1.165, 1.54) is 10.5 Å². The van der Waals surface area contributed by atoms with Gasteiger partial charge in [-0.2, -0.15) is 0 Å². The fraction of sp³-hybridized carbons (Fsp3) is 0.467. The van der Waals surface area contributed by atoms with Gasteiger partial charge in [0.05, 0.1) is 11.2 Å². The molecule has 1 amide bonds. The van der Waals surface area contributed by atoms with Crippen LogP contribution in [0.3, 0.4) is 0 Å². The number of hydrogen-bond donors (Lipinski definition) is 2. The minimum absolute atomic E-state index is 0.0212. The van der Waals surface area contributed by atoms with Crippen molar-refractivity contribution >= 4 is 23.6 Å². The van der Waals surface area contributed by atoms with Gasteiger partial charge in [0.1, 0.15) is 0 Å². The van der Waals surface area contributed by atoms with Gasteiger partial charge in [-0.1, -0.05) is 18.2 Å². The lowest BCUT2D eigenvalue weighted by Gasteiger charge is -2.15. The van der Waals surface area contributed by atoms with Gasteiger partial charge in [0.2, 0.25) is 5.91 Å². The molecule has 0 radical (unpaired) electrons. The second-order valence-corrected chi connectivity index (χ2v) is 6.72. The molecule has 1 heterocycles. The van der Waals surface area contributed by atoms with Crippen molar-refractivity contribution in [2.24, 2.45) is 5.92 Å². The van der Waals surface area contributed by atoms with Gasteiger partial charge >= 0.3 is 5.97 Å². The van der Waals surface area contributed by atoms with Crippen LogP contribution in [0.15, 0.2) is 29.2 Å². The summed E-state index contributed by atoms with van der Waals surface area (Å²) < 4.78 is 0. The first kappa shape index (κ1) is 13.5. The molecule has 1 unspecified atom stereocenters. The van der Waals surface area contributed by atoms with Gasteiger partial charge in [0.15, 0.2) is 0 Å². The number of nitrogens with one attached hydrogen (secondary N) is 1. The maximum absolute atomic E-state index is 12.3. The highest BCUT2D eigenvalue weighted by Crippen LogP contribution is 2.37. The van der Waals surface area contributed by atoms with E-state index in [1.54, 1.807) is 11.8 Å². The number of amides is 1. The maximum atomic E-state index is 12.3. The molecule has 0 saturated heterocycles. The summed E-state index contributed by atoms with van der Waals surface area (Å²) in [6, 6.07) is 8.11. The Morgan fingerprint density at radius 3 is 2.75 bits per heavy atom. The molecule has 4 nitrogen and oxygen atoms in total. The number of rotatable bonds is 3. The molecule has 5 heteroatoms. The SMILES string of the molecule is O=C(N[C@H]1CC[C@@H](C(=O)O)C1)C1Cc2ccccc2S1. The van der Waals surface area contributed by atoms with Crippen LogP contribution >= 0.6 is 11.8 Å². The second kappa shape index (κ2) is 5.48. The number of thioether (sulfide) groups is 1. The molecule has 106 valence electrons. The monoisotopic (exact) mass is 291 g/mol. The summed E-state index contributed by atoms with van der Waals surface area (Å²) in [7, 11) is 0. The number of carboxylic acids is 1. The highest BCUT2D eigenvalue weighted by atomic mass is 32.2. The Kier molecular flexibility index (Phi) is 3.70. The van der Waals surface area contributed by atoms with Crippen molar-refractivity contribution in [3.8, 4) is 0 Å². The zero-order valence-corrected chi connectivity index (χ0v) is 11.9. The first-order valence-electron chi connectivity index (χ1n) is 6.91. The molecule has 2 aliphatic rings. The third kappa shape index (κ3) is 2.68. The second-order valence-electron chi connectivity index (χ2n) is 5.47. The molecule has 20 heavy (non-hydrogen) atoms. The summed E-state index contributed by atoms with van der Waals surface area (Å²) in [6.07, 6.45) is 2.76. The Bertz CT molecular complexity index is 521. The normalized spacial score (nSPS) is 28.1. The molecule has 3 atom stereocenters. The van der Waals surface area contributed by atoms with E-state index in [4.69, 9.17) is 5.11 Å². The van der Waals surface area contributed by atoms with Crippen molar-refractivity contribution < 1.29 is 14.7 Å². The van der Waals surface area contributed by atoms with E-state index >= 15 is 0 Å². The molecule has 1 aromatic carbocycles. The fourth-order valence-electron chi connectivity index (χ4n) is 2.96. The first-order chi connectivity index (χ1) is 9.63. The quantitative estimate of drug-likeness (QED) is 0.894. The van der Waals surface area contributed by atoms with Crippen molar-refractivity contribution in [3.05, 3.63) is 29.8 Å². The van der Waals surface area contributed by atoms with Crippen LogP contribution in [0.1, 0.15) is 24.8 Å². The zero-order chi connectivity index (χ0) is 14.1. The van der Waals surface area contributed by atoms with Crippen LogP contribution in [-0.4, -0.2) is 28.3 Å². The Hall–Kier alpha value is -1.49. The first-order valence-corrected chi connectivity index (χ1v) is 7.79. The average molecular weight is 291 g/mol. The molecular formula is C15H17NO3S. The molecule has 1 saturated carbocycles. The molecule has 2 N–H and O–H groups in total. The topological polar surface area (TPSA) is 66.4 Å². The van der Waals surface area contributed by atoms with Crippen LogP contribution in [0.25, 0.3) is 0 Å². The van der Waals surface area contributed by atoms with Gasteiger partial charge in [0.25, 0.3) is 0 Å². The van der Waals surface area contributed by atoms with Crippen LogP contribution < -0.4 is 5.32 Å². The third-order valence-electron chi connectivity index (χ3n) is 4.07. The lowest BCUT2D eigenvalue weighted by Crippen LogP contribution is -2.39. The summed E-state index contributed by atoms with van der Waals surface area (Å²) in [5, 5.41) is 11.9. The summed E-state index contributed by atoms with van der Waals surface area (Å²) in [6.45, 7) is 0. The van der Waals surface area contributed by atoms with Gasteiger partial charge in [-0.15, -0.1) is 11.8 Å². The van der Waals surface area contributed by atoms with Crippen molar-refractivity contribution in [1.29, 1.82) is 0 Å². The van der Waals surface area contributed by atoms with E-state index < -0.39 is 5.97 Å². The van der Waals surface area contributed by atoms with Gasteiger partial charge in [-0.05, 0) is 37.3 Å². The van der Waals surface area contributed by atoms with E-state index in [9.17, 15) is 9.59 Å². The number of aliphatic carboxylic acids is 1. The van der Waals surface area contributed by atoms with E-state index in [-0.39, 0.29) is 23.1 Å². The number of carbonyl (C=O) groups excluding carboxylic acids is 1. The molecule has 1 aromatic rings. The van der Waals surface area contributed by atoms with Crippen LogP contribution in [-0.2, 0) is 16.0 Å². The smallest absolute Gasteiger partial charge is 0.306 e. The maximum Gasteiger partial charge on any atom is 0.306 e. The third-order valence-corrected chi connectivity index (χ3v) is 5.39. The molecule has 1 aliphatic heterocycles. The Morgan fingerprint density at radius 1 is 1.25 bits per heavy atom. The Labute approximate surface area is 121 Å². The lowest BCUT2D eigenvalue weighted by molar-refractivity contribution is -0.141. The molecule has 1 aliphatic carbocycles. The lowest BCUT2D eigenvalue weighted by atomic mass is 10.1. The van der Waals surface area contributed by atoms with E-state index in [0.29, 0.717) is 12.8 Å². The van der Waals surface area contributed by atoms with Crippen LogP contribution in [0.2, 0.25) is 0 Å². The molecule has 0 aromatic heterocycles. The highest BCUT2D eigenvalue weighted by molar-refractivity contribution is 8.01. The zero-order valence-electron chi connectivity index (χ0n) is 11.0. The van der Waals surface area contributed by atoms with Crippen LogP contribution in [0, 0.1) is 5.92 Å². The molecular weight excluding hydrogens is 274 g/mol. The Balaban J connectivity index is 1.56. The minimum atomic E-state index is -0.746. The Morgan fingerprint density at radius 2 is 2.05 bits per heavy atom. The number of hydrogen-bond acceptors (Lipinski definition) is 3. The molecule has 1 fully saturated rings. The van der Waals surface area contributed by atoms with Crippen LogP contribution in [0.4, 0.5) is 0 Å². The molecule has 0 spiro atoms. The predicted molar refractivity (Wildman–Crippen MR) is 76.7 cm³/mol. The minimum Gasteiger partial charge on any atom is -0.481 e. The largest absolute Gasteiger partial charge is 0.481 e. The summed E-state index contributed by atoms with van der Waals surface area (Å²) in [5.41, 5.74) is 1.23. The van der Waals surface area contributed by atoms with Crippen molar-refractivity contribution in [3.63, 3.8) is 0 Å². The van der Waals surface area contributed by atoms with Gasteiger partial charge in [0, 0.05) is 10.9 Å². The number of carbonyl (C=O) groups is 2. The van der Waals surface area contributed by atoms with Crippen molar-refractivity contribution in [2.45, 2.75) is 41.9 Å². The van der Waals surface area contributed by atoms with Gasteiger partial charge < -0.3 is 10.4 Å². The van der Waals surface area contributed by atoms with E-state index in [0.717, 1.165) is 12.8 Å².